The smallest absolute Gasteiger partial charge is 0.328 e. The number of anilines is 1. The Morgan fingerprint density at radius 1 is 1.33 bits per heavy atom. The second kappa shape index (κ2) is 6.32. The summed E-state index contributed by atoms with van der Waals surface area (Å²) in [6.45, 7) is 1.64. The Hall–Kier alpha value is -2.47. The summed E-state index contributed by atoms with van der Waals surface area (Å²) >= 11 is 1.25. The van der Waals surface area contributed by atoms with Crippen LogP contribution in [0.2, 0.25) is 0 Å². The third-order valence-electron chi connectivity index (χ3n) is 2.70. The average Bonchev–Trinajstić information content (AvgIpc) is 2.89. The molecular formula is C15H12FNO3S. The summed E-state index contributed by atoms with van der Waals surface area (Å²) in [6, 6.07) is 6.03. The maximum Gasteiger partial charge on any atom is 0.328 e. The van der Waals surface area contributed by atoms with Crippen LogP contribution in [0.1, 0.15) is 20.8 Å². The maximum absolute atomic E-state index is 13.4. The number of rotatable bonds is 4. The summed E-state index contributed by atoms with van der Waals surface area (Å²) in [7, 11) is 0. The summed E-state index contributed by atoms with van der Waals surface area (Å²) < 4.78 is 13.4. The lowest BCUT2D eigenvalue weighted by molar-refractivity contribution is -0.131. The first-order chi connectivity index (χ1) is 9.95. The van der Waals surface area contributed by atoms with E-state index in [4.69, 9.17) is 5.11 Å². The number of carbonyl (C=O) groups excluding carboxylic acids is 1. The standard InChI is InChI=1S/C15H12FNO3S/c1-9-2-3-11(7-13(9)16)17-15(20)10-6-12(21-8-10)4-5-14(18)19/h2-8H,1H3,(H,17,20)(H,18,19). The van der Waals surface area contributed by atoms with E-state index in [2.05, 4.69) is 5.32 Å². The molecule has 0 fully saturated rings. The van der Waals surface area contributed by atoms with E-state index >= 15 is 0 Å². The molecule has 1 heterocycles. The van der Waals surface area contributed by atoms with Gasteiger partial charge in [0.15, 0.2) is 0 Å². The molecule has 2 aromatic rings. The van der Waals surface area contributed by atoms with Gasteiger partial charge in [-0.3, -0.25) is 4.79 Å². The molecule has 0 radical (unpaired) electrons. The van der Waals surface area contributed by atoms with Crippen LogP contribution in [0.3, 0.4) is 0 Å². The zero-order valence-electron chi connectivity index (χ0n) is 11.1. The van der Waals surface area contributed by atoms with Gasteiger partial charge in [-0.15, -0.1) is 11.3 Å². The zero-order chi connectivity index (χ0) is 15.4. The first kappa shape index (κ1) is 14.9. The lowest BCUT2D eigenvalue weighted by Crippen LogP contribution is -2.11. The molecule has 21 heavy (non-hydrogen) atoms. The van der Waals surface area contributed by atoms with Gasteiger partial charge in [-0.1, -0.05) is 6.07 Å². The molecule has 1 aromatic heterocycles. The monoisotopic (exact) mass is 305 g/mol. The van der Waals surface area contributed by atoms with Gasteiger partial charge in [0, 0.05) is 22.0 Å². The molecule has 0 aliphatic carbocycles. The van der Waals surface area contributed by atoms with Crippen LogP contribution in [-0.2, 0) is 4.79 Å². The Morgan fingerprint density at radius 2 is 2.10 bits per heavy atom. The number of aryl methyl sites for hydroxylation is 1. The van der Waals surface area contributed by atoms with Crippen molar-refractivity contribution in [2.45, 2.75) is 6.92 Å². The Balaban J connectivity index is 2.10. The van der Waals surface area contributed by atoms with Crippen molar-refractivity contribution in [1.29, 1.82) is 0 Å². The molecule has 0 saturated carbocycles. The van der Waals surface area contributed by atoms with Gasteiger partial charge in [0.05, 0.1) is 5.56 Å². The molecule has 1 amide bonds. The molecule has 0 unspecified atom stereocenters. The third kappa shape index (κ3) is 4.00. The predicted octanol–water partition coefficient (Wildman–Crippen LogP) is 3.55. The number of halogens is 1. The highest BCUT2D eigenvalue weighted by molar-refractivity contribution is 7.11. The van der Waals surface area contributed by atoms with Crippen molar-refractivity contribution < 1.29 is 19.1 Å². The van der Waals surface area contributed by atoms with Gasteiger partial charge < -0.3 is 10.4 Å². The number of hydrogen-bond acceptors (Lipinski definition) is 3. The van der Waals surface area contributed by atoms with Crippen LogP contribution >= 0.6 is 11.3 Å². The SMILES string of the molecule is Cc1ccc(NC(=O)c2csc(C=CC(=O)O)c2)cc1F. The predicted molar refractivity (Wildman–Crippen MR) is 80.1 cm³/mol. The maximum atomic E-state index is 13.4. The summed E-state index contributed by atoms with van der Waals surface area (Å²) in [6.07, 6.45) is 2.41. The molecule has 4 nitrogen and oxygen atoms in total. The fourth-order valence-electron chi connectivity index (χ4n) is 1.59. The molecule has 6 heteroatoms. The van der Waals surface area contributed by atoms with Crippen LogP contribution in [-0.4, -0.2) is 17.0 Å². The highest BCUT2D eigenvalue weighted by Gasteiger charge is 2.09. The highest BCUT2D eigenvalue weighted by atomic mass is 32.1. The average molecular weight is 305 g/mol. The van der Waals surface area contributed by atoms with Crippen molar-refractivity contribution in [2.75, 3.05) is 5.32 Å². The molecule has 0 bridgehead atoms. The molecule has 2 rings (SSSR count). The van der Waals surface area contributed by atoms with Gasteiger partial charge in [0.1, 0.15) is 5.82 Å². The van der Waals surface area contributed by atoms with Crippen LogP contribution in [0.5, 0.6) is 0 Å². The molecule has 0 aliphatic rings. The first-order valence-electron chi connectivity index (χ1n) is 6.03. The van der Waals surface area contributed by atoms with Gasteiger partial charge in [-0.05, 0) is 36.8 Å². The van der Waals surface area contributed by atoms with E-state index in [0.29, 0.717) is 21.7 Å². The van der Waals surface area contributed by atoms with Crippen molar-refractivity contribution in [3.8, 4) is 0 Å². The third-order valence-corrected chi connectivity index (χ3v) is 3.60. The van der Waals surface area contributed by atoms with Crippen LogP contribution in [0.25, 0.3) is 6.08 Å². The number of hydrogen-bond donors (Lipinski definition) is 2. The van der Waals surface area contributed by atoms with Crippen molar-refractivity contribution >= 4 is 35.0 Å². The number of thiophene rings is 1. The number of carboxylic acid groups (broad SMARTS) is 1. The highest BCUT2D eigenvalue weighted by Crippen LogP contribution is 2.19. The minimum absolute atomic E-state index is 0.371. The van der Waals surface area contributed by atoms with Crippen LogP contribution in [0.15, 0.2) is 35.7 Å². The molecule has 0 saturated heterocycles. The Bertz CT molecular complexity index is 721. The number of carboxylic acids is 1. The molecule has 0 atom stereocenters. The zero-order valence-corrected chi connectivity index (χ0v) is 11.9. The molecule has 0 spiro atoms. The Kier molecular flexibility index (Phi) is 4.49. The molecular weight excluding hydrogens is 293 g/mol. The lowest BCUT2D eigenvalue weighted by atomic mass is 10.2. The molecule has 1 aromatic carbocycles. The quantitative estimate of drug-likeness (QED) is 0.849. The van der Waals surface area contributed by atoms with E-state index in [9.17, 15) is 14.0 Å². The molecule has 0 aliphatic heterocycles. The van der Waals surface area contributed by atoms with E-state index in [-0.39, 0.29) is 11.7 Å². The molecule has 108 valence electrons. The summed E-state index contributed by atoms with van der Waals surface area (Å²) in [5.74, 6) is -1.81. The lowest BCUT2D eigenvalue weighted by Gasteiger charge is -2.04. The second-order valence-corrected chi connectivity index (χ2v) is 5.27. The first-order valence-corrected chi connectivity index (χ1v) is 6.91. The number of nitrogens with one attached hydrogen (secondary N) is 1. The minimum atomic E-state index is -1.05. The molecule has 2 N–H and O–H groups in total. The van der Waals surface area contributed by atoms with Gasteiger partial charge in [-0.25, -0.2) is 9.18 Å². The van der Waals surface area contributed by atoms with Gasteiger partial charge in [-0.2, -0.15) is 0 Å². The van der Waals surface area contributed by atoms with Crippen LogP contribution in [0.4, 0.5) is 10.1 Å². The fourth-order valence-corrected chi connectivity index (χ4v) is 2.37. The van der Waals surface area contributed by atoms with E-state index in [1.807, 2.05) is 0 Å². The summed E-state index contributed by atoms with van der Waals surface area (Å²) in [4.78, 5) is 23.1. The summed E-state index contributed by atoms with van der Waals surface area (Å²) in [5, 5.41) is 12.7. The van der Waals surface area contributed by atoms with Gasteiger partial charge in [0.25, 0.3) is 5.91 Å². The Morgan fingerprint density at radius 3 is 2.76 bits per heavy atom. The van der Waals surface area contributed by atoms with E-state index < -0.39 is 5.97 Å². The summed E-state index contributed by atoms with van der Waals surface area (Å²) in [5.41, 5.74) is 1.27. The largest absolute Gasteiger partial charge is 0.478 e. The van der Waals surface area contributed by atoms with E-state index in [1.54, 1.807) is 30.5 Å². The van der Waals surface area contributed by atoms with Crippen LogP contribution < -0.4 is 5.32 Å². The van der Waals surface area contributed by atoms with Crippen molar-refractivity contribution in [1.82, 2.24) is 0 Å². The number of amides is 1. The Labute approximate surface area is 124 Å². The normalized spacial score (nSPS) is 10.8. The van der Waals surface area contributed by atoms with Crippen molar-refractivity contribution in [3.05, 3.63) is 57.5 Å². The van der Waals surface area contributed by atoms with Crippen molar-refractivity contribution in [3.63, 3.8) is 0 Å². The van der Waals surface area contributed by atoms with E-state index in [1.165, 1.54) is 23.5 Å². The van der Waals surface area contributed by atoms with Crippen LogP contribution in [0, 0.1) is 12.7 Å². The topological polar surface area (TPSA) is 66.4 Å². The van der Waals surface area contributed by atoms with Gasteiger partial charge in [0.2, 0.25) is 0 Å². The van der Waals surface area contributed by atoms with E-state index in [0.717, 1.165) is 6.08 Å². The number of carbonyl (C=O) groups is 2. The second-order valence-electron chi connectivity index (χ2n) is 4.33. The number of benzene rings is 1. The minimum Gasteiger partial charge on any atom is -0.478 e. The fraction of sp³-hybridized carbons (Fsp3) is 0.0667. The number of aliphatic carboxylic acids is 1. The van der Waals surface area contributed by atoms with Gasteiger partial charge >= 0.3 is 5.97 Å². The van der Waals surface area contributed by atoms with Crippen molar-refractivity contribution in [2.24, 2.45) is 0 Å².